The van der Waals surface area contributed by atoms with Crippen LogP contribution in [0.3, 0.4) is 0 Å². The average Bonchev–Trinajstić information content (AvgIpc) is 2.79. The van der Waals surface area contributed by atoms with Crippen LogP contribution < -0.4 is 9.80 Å². The Kier molecular flexibility index (Phi) is 6.19. The summed E-state index contributed by atoms with van der Waals surface area (Å²) in [4.78, 5) is 30.8. The topological polar surface area (TPSA) is 40.6 Å². The number of benzene rings is 3. The van der Waals surface area contributed by atoms with Gasteiger partial charge in [-0.05, 0) is 92.3 Å². The van der Waals surface area contributed by atoms with Gasteiger partial charge in [0.1, 0.15) is 12.6 Å². The lowest BCUT2D eigenvalue weighted by atomic mass is 9.97. The van der Waals surface area contributed by atoms with Crippen LogP contribution in [0.4, 0.5) is 11.4 Å². The van der Waals surface area contributed by atoms with E-state index in [1.54, 1.807) is 9.80 Å². The molecule has 1 heterocycles. The van der Waals surface area contributed by atoms with E-state index in [9.17, 15) is 9.59 Å². The second-order valence-corrected chi connectivity index (χ2v) is 8.93. The first-order valence-corrected chi connectivity index (χ1v) is 11.3. The van der Waals surface area contributed by atoms with Crippen LogP contribution in [0.15, 0.2) is 72.3 Å². The van der Waals surface area contributed by atoms with E-state index in [4.69, 9.17) is 0 Å². The van der Waals surface area contributed by atoms with Gasteiger partial charge in [0.25, 0.3) is 5.91 Å². The number of carbonyl (C=O) groups excluding carboxylic acids is 2. The van der Waals surface area contributed by atoms with Crippen molar-refractivity contribution in [2.45, 2.75) is 40.7 Å². The Morgan fingerprint density at radius 3 is 1.97 bits per heavy atom. The third-order valence-corrected chi connectivity index (χ3v) is 6.52. The summed E-state index contributed by atoms with van der Waals surface area (Å²) in [5.41, 5.74) is 7.83. The number of amides is 2. The van der Waals surface area contributed by atoms with Crippen molar-refractivity contribution in [1.29, 1.82) is 0 Å². The third kappa shape index (κ3) is 4.47. The van der Waals surface area contributed by atoms with Gasteiger partial charge in [-0.2, -0.15) is 0 Å². The molecule has 4 rings (SSSR count). The predicted molar refractivity (Wildman–Crippen MR) is 136 cm³/mol. The van der Waals surface area contributed by atoms with Crippen molar-refractivity contribution in [3.05, 3.63) is 100 Å². The number of carbonyl (C=O) groups is 2. The van der Waals surface area contributed by atoms with E-state index < -0.39 is 6.04 Å². The zero-order valence-corrected chi connectivity index (χ0v) is 19.9. The summed E-state index contributed by atoms with van der Waals surface area (Å²) < 4.78 is 0. The van der Waals surface area contributed by atoms with Gasteiger partial charge in [0, 0.05) is 11.4 Å². The molecule has 0 bridgehead atoms. The van der Waals surface area contributed by atoms with Crippen LogP contribution in [-0.2, 0) is 9.59 Å². The highest BCUT2D eigenvalue weighted by Gasteiger charge is 2.41. The molecule has 1 aliphatic heterocycles. The van der Waals surface area contributed by atoms with Crippen molar-refractivity contribution in [1.82, 2.24) is 0 Å². The number of hydrogen-bond acceptors (Lipinski definition) is 2. The lowest BCUT2D eigenvalue weighted by Crippen LogP contribution is -2.61. The molecule has 0 aromatic heterocycles. The molecule has 168 valence electrons. The van der Waals surface area contributed by atoms with E-state index >= 15 is 0 Å². The van der Waals surface area contributed by atoms with Crippen molar-refractivity contribution >= 4 is 29.3 Å². The Balaban J connectivity index is 1.82. The second-order valence-electron chi connectivity index (χ2n) is 8.93. The predicted octanol–water partition coefficient (Wildman–Crippen LogP) is 5.77. The molecule has 1 unspecified atom stereocenters. The van der Waals surface area contributed by atoms with Gasteiger partial charge in [-0.1, -0.05) is 48.5 Å². The molecule has 3 aromatic carbocycles. The lowest BCUT2D eigenvalue weighted by molar-refractivity contribution is -0.127. The second kappa shape index (κ2) is 9.07. The maximum Gasteiger partial charge on any atom is 0.254 e. The summed E-state index contributed by atoms with van der Waals surface area (Å²) in [7, 11) is 0. The van der Waals surface area contributed by atoms with E-state index in [1.807, 2.05) is 107 Å². The number of nitrogens with zero attached hydrogens (tertiary/aromatic N) is 2. The fourth-order valence-electron chi connectivity index (χ4n) is 4.26. The molecule has 1 aliphatic rings. The fraction of sp³-hybridized carbons (Fsp3) is 0.241. The summed E-state index contributed by atoms with van der Waals surface area (Å²) in [5.74, 6) is -0.192. The molecule has 0 N–H and O–H groups in total. The monoisotopic (exact) mass is 438 g/mol. The van der Waals surface area contributed by atoms with E-state index in [-0.39, 0.29) is 18.4 Å². The highest BCUT2D eigenvalue weighted by molar-refractivity contribution is 6.16. The largest absolute Gasteiger partial charge is 0.301 e. The smallest absolute Gasteiger partial charge is 0.254 e. The van der Waals surface area contributed by atoms with Crippen LogP contribution in [0, 0.1) is 27.7 Å². The van der Waals surface area contributed by atoms with Crippen LogP contribution in [0.1, 0.15) is 34.7 Å². The van der Waals surface area contributed by atoms with Crippen molar-refractivity contribution in [2.75, 3.05) is 16.3 Å². The molecule has 0 saturated carbocycles. The van der Waals surface area contributed by atoms with E-state index in [2.05, 4.69) is 0 Å². The van der Waals surface area contributed by atoms with Crippen molar-refractivity contribution in [2.24, 2.45) is 0 Å². The van der Waals surface area contributed by atoms with Crippen LogP contribution in [-0.4, -0.2) is 24.4 Å². The minimum atomic E-state index is -0.713. The first kappa shape index (κ1) is 22.5. The van der Waals surface area contributed by atoms with E-state index in [1.165, 1.54) is 0 Å². The number of anilines is 2. The molecule has 1 fully saturated rings. The molecule has 0 aliphatic carbocycles. The highest BCUT2D eigenvalue weighted by Crippen LogP contribution is 2.31. The fourth-order valence-corrected chi connectivity index (χ4v) is 4.26. The van der Waals surface area contributed by atoms with E-state index in [0.717, 1.165) is 44.8 Å². The van der Waals surface area contributed by atoms with Crippen LogP contribution in [0.25, 0.3) is 6.08 Å². The molecule has 4 heteroatoms. The minimum absolute atomic E-state index is 0.0172. The summed E-state index contributed by atoms with van der Waals surface area (Å²) in [6.45, 7) is 10.1. The Bertz CT molecular complexity index is 1240. The van der Waals surface area contributed by atoms with Crippen molar-refractivity contribution < 1.29 is 9.59 Å². The summed E-state index contributed by atoms with van der Waals surface area (Å²) in [6.07, 6.45) is 1.99. The summed E-state index contributed by atoms with van der Waals surface area (Å²) in [6, 6.07) is 21.0. The minimum Gasteiger partial charge on any atom is -0.301 e. The lowest BCUT2D eigenvalue weighted by Gasteiger charge is -2.41. The van der Waals surface area contributed by atoms with Crippen LogP contribution >= 0.6 is 0 Å². The molecular formula is C29H30N2O2. The van der Waals surface area contributed by atoms with Crippen LogP contribution in [0.2, 0.25) is 0 Å². The van der Waals surface area contributed by atoms with E-state index in [0.29, 0.717) is 0 Å². The summed E-state index contributed by atoms with van der Waals surface area (Å²) >= 11 is 0. The SMILES string of the molecule is C/C(=C\c1ccccc1)C1C(=O)N(c2ccc(C)c(C)c2)CC(=O)N1c1ccc(C)c(C)c1. The number of rotatable bonds is 4. The molecule has 4 nitrogen and oxygen atoms in total. The summed E-state index contributed by atoms with van der Waals surface area (Å²) in [5, 5.41) is 0. The molecule has 0 radical (unpaired) electrons. The molecule has 1 atom stereocenters. The molecule has 0 spiro atoms. The van der Waals surface area contributed by atoms with Gasteiger partial charge in [-0.25, -0.2) is 0 Å². The number of piperazine rings is 1. The standard InChI is InChI=1S/C29H30N2O2/c1-19-11-13-25(16-21(19)3)30-18-27(32)31(26-14-12-20(2)22(4)17-26)28(29(30)33)23(5)15-24-9-7-6-8-10-24/h6-17,28H,18H2,1-5H3/b23-15+. The van der Waals surface area contributed by atoms with Gasteiger partial charge in [0.05, 0.1) is 0 Å². The first-order valence-electron chi connectivity index (χ1n) is 11.3. The van der Waals surface area contributed by atoms with Crippen molar-refractivity contribution in [3.8, 4) is 0 Å². The Labute approximate surface area is 196 Å². The van der Waals surface area contributed by atoms with Gasteiger partial charge in [0.15, 0.2) is 0 Å². The molecular weight excluding hydrogens is 408 g/mol. The molecule has 2 amide bonds. The Morgan fingerprint density at radius 1 is 0.788 bits per heavy atom. The normalized spacial score (nSPS) is 17.0. The maximum atomic E-state index is 13.9. The van der Waals surface area contributed by atoms with Crippen LogP contribution in [0.5, 0.6) is 0 Å². The van der Waals surface area contributed by atoms with Gasteiger partial charge < -0.3 is 4.90 Å². The van der Waals surface area contributed by atoms with Gasteiger partial charge in [-0.15, -0.1) is 0 Å². The zero-order chi connectivity index (χ0) is 23.7. The quantitative estimate of drug-likeness (QED) is 0.519. The Hall–Kier alpha value is -3.66. The maximum absolute atomic E-state index is 13.9. The third-order valence-electron chi connectivity index (χ3n) is 6.52. The van der Waals surface area contributed by atoms with Gasteiger partial charge in [0.2, 0.25) is 5.91 Å². The number of hydrogen-bond donors (Lipinski definition) is 0. The molecule has 1 saturated heterocycles. The Morgan fingerprint density at radius 2 is 1.36 bits per heavy atom. The highest BCUT2D eigenvalue weighted by atomic mass is 16.2. The average molecular weight is 439 g/mol. The van der Waals surface area contributed by atoms with Gasteiger partial charge in [-0.3, -0.25) is 14.5 Å². The molecule has 33 heavy (non-hydrogen) atoms. The molecule has 3 aromatic rings. The zero-order valence-electron chi connectivity index (χ0n) is 19.9. The number of aryl methyl sites for hydroxylation is 4. The van der Waals surface area contributed by atoms with Gasteiger partial charge >= 0.3 is 0 Å². The van der Waals surface area contributed by atoms with Crippen molar-refractivity contribution in [3.63, 3.8) is 0 Å². The first-order chi connectivity index (χ1) is 15.8.